The Morgan fingerprint density at radius 2 is 1.21 bits per heavy atom. The Morgan fingerprint density at radius 1 is 0.721 bits per heavy atom. The number of hydrogen-bond donors (Lipinski definition) is 6. The third-order valence-electron chi connectivity index (χ3n) is 9.34. The van der Waals surface area contributed by atoms with Crippen molar-refractivity contribution < 1.29 is 36.0 Å². The summed E-state index contributed by atoms with van der Waals surface area (Å²) in [6.07, 6.45) is 1.03. The van der Waals surface area contributed by atoms with Gasteiger partial charge in [0, 0.05) is 55.1 Å². The molecule has 1 atom stereocenters. The fourth-order valence-corrected chi connectivity index (χ4v) is 8.34. The molecule has 1 aliphatic heterocycles. The molecule has 3 amide bonds. The molecule has 0 bridgehead atoms. The van der Waals surface area contributed by atoms with E-state index in [2.05, 4.69) is 50.7 Å². The highest BCUT2D eigenvalue weighted by molar-refractivity contribution is 7.93. The highest BCUT2D eigenvalue weighted by atomic mass is 32.2. The average Bonchev–Trinajstić information content (AvgIpc) is 3.81. The van der Waals surface area contributed by atoms with E-state index in [1.54, 1.807) is 45.0 Å². The number of anilines is 6. The van der Waals surface area contributed by atoms with Crippen molar-refractivity contribution in [1.29, 1.82) is 0 Å². The summed E-state index contributed by atoms with van der Waals surface area (Å²) in [6.45, 7) is 16.8. The molecule has 61 heavy (non-hydrogen) atoms. The summed E-state index contributed by atoms with van der Waals surface area (Å²) in [5, 5.41) is 7.90. The van der Waals surface area contributed by atoms with Crippen LogP contribution < -0.4 is 31.1 Å². The van der Waals surface area contributed by atoms with Gasteiger partial charge in [0.15, 0.2) is 0 Å². The van der Waals surface area contributed by atoms with Crippen LogP contribution in [0.2, 0.25) is 0 Å². The summed E-state index contributed by atoms with van der Waals surface area (Å²) in [4.78, 5) is 39.4. The van der Waals surface area contributed by atoms with Gasteiger partial charge in [0.05, 0.1) is 50.2 Å². The molecule has 16 nitrogen and oxygen atoms in total. The van der Waals surface area contributed by atoms with Gasteiger partial charge in [-0.2, -0.15) is 0 Å². The SMILES string of the molecule is CC(=O)Nc1ccc(S(=O)(=O)Nc2ccc(N)c(NC(=O)C(C)(C)C)c2)cc1.CC(=O)Nc1ccc(S(=O)(=O)Nc2ccc3c(c2)nc(C(C)(C)C)n3CC2CCOC2)cc1. The third kappa shape index (κ3) is 12.3. The minimum Gasteiger partial charge on any atom is -0.397 e. The maximum absolute atomic E-state index is 12.9. The van der Waals surface area contributed by atoms with E-state index in [4.69, 9.17) is 15.5 Å². The minimum atomic E-state index is -3.86. The van der Waals surface area contributed by atoms with Gasteiger partial charge in [-0.25, -0.2) is 21.8 Å². The Labute approximate surface area is 357 Å². The maximum Gasteiger partial charge on any atom is 0.261 e. The minimum absolute atomic E-state index is 0.0266. The molecule has 6 rings (SSSR count). The van der Waals surface area contributed by atoms with E-state index in [0.717, 1.165) is 43.0 Å². The van der Waals surface area contributed by atoms with Gasteiger partial charge in [0.2, 0.25) is 17.7 Å². The molecule has 1 aromatic heterocycles. The average molecular weight is 875 g/mol. The fraction of sp³-hybridized carbons (Fsp3) is 0.349. The number of carbonyl (C=O) groups is 3. The van der Waals surface area contributed by atoms with Crippen molar-refractivity contribution in [1.82, 2.24) is 9.55 Å². The first-order chi connectivity index (χ1) is 28.4. The van der Waals surface area contributed by atoms with E-state index in [0.29, 0.717) is 34.4 Å². The van der Waals surface area contributed by atoms with Crippen LogP contribution in [-0.4, -0.2) is 57.3 Å². The predicted molar refractivity (Wildman–Crippen MR) is 239 cm³/mol. The van der Waals surface area contributed by atoms with E-state index >= 15 is 0 Å². The zero-order valence-electron chi connectivity index (χ0n) is 35.5. The standard InChI is InChI=1S/C24H30N4O4S.C19H24N4O4S/c1-16(29)25-18-5-8-20(9-6-18)33(30,31)27-19-7-10-22-21(13-19)26-23(24(2,3)4)28(22)14-17-11-12-32-15-17;1-12(24)21-13-5-8-15(9-6-13)28(26,27)23-14-7-10-16(20)17(11-14)22-18(25)19(2,3)4/h5-10,13,17,27H,11-12,14-15H2,1-4H3,(H,25,29);5-11,23H,20H2,1-4H3,(H,21,24)(H,22,25). The summed E-state index contributed by atoms with van der Waals surface area (Å²) in [5.41, 5.74) is 9.20. The van der Waals surface area contributed by atoms with Crippen molar-refractivity contribution in [3.05, 3.63) is 90.8 Å². The van der Waals surface area contributed by atoms with Crippen molar-refractivity contribution in [3.63, 3.8) is 0 Å². The number of nitrogen functional groups attached to an aromatic ring is 1. The largest absolute Gasteiger partial charge is 0.397 e. The molecule has 0 radical (unpaired) electrons. The van der Waals surface area contributed by atoms with Gasteiger partial charge in [-0.3, -0.25) is 23.8 Å². The number of sulfonamides is 2. The van der Waals surface area contributed by atoms with Crippen molar-refractivity contribution in [3.8, 4) is 0 Å². The second-order valence-electron chi connectivity index (χ2n) is 16.9. The molecule has 0 aliphatic carbocycles. The molecule has 7 N–H and O–H groups in total. The zero-order valence-corrected chi connectivity index (χ0v) is 37.2. The van der Waals surface area contributed by atoms with Gasteiger partial charge in [0.1, 0.15) is 5.82 Å². The van der Waals surface area contributed by atoms with Gasteiger partial charge in [-0.05, 0) is 91.3 Å². The normalized spacial score (nSPS) is 14.4. The first-order valence-corrected chi connectivity index (χ1v) is 22.5. The Balaban J connectivity index is 0.000000234. The Morgan fingerprint density at radius 3 is 1.67 bits per heavy atom. The number of fused-ring (bicyclic) bond motifs is 1. The molecule has 4 aromatic carbocycles. The number of hydrogen-bond acceptors (Lipinski definition) is 10. The number of carbonyl (C=O) groups excluding carboxylic acids is 3. The topological polar surface area (TPSA) is 233 Å². The summed E-state index contributed by atoms with van der Waals surface area (Å²) in [6, 6.07) is 21.7. The number of amides is 3. The van der Waals surface area contributed by atoms with E-state index in [1.165, 1.54) is 68.4 Å². The van der Waals surface area contributed by atoms with Crippen LogP contribution >= 0.6 is 0 Å². The number of nitrogens with two attached hydrogens (primary N) is 1. The van der Waals surface area contributed by atoms with E-state index in [1.807, 2.05) is 6.07 Å². The first kappa shape index (κ1) is 46.1. The number of imidazole rings is 1. The van der Waals surface area contributed by atoms with Gasteiger partial charge >= 0.3 is 0 Å². The quantitative estimate of drug-likeness (QED) is 0.0734. The highest BCUT2D eigenvalue weighted by Crippen LogP contribution is 2.31. The second kappa shape index (κ2) is 18.3. The van der Waals surface area contributed by atoms with Crippen molar-refractivity contribution in [2.75, 3.05) is 44.3 Å². The number of benzene rings is 4. The molecule has 1 saturated heterocycles. The second-order valence-corrected chi connectivity index (χ2v) is 20.2. The van der Waals surface area contributed by atoms with E-state index < -0.39 is 25.5 Å². The molecular formula is C43H54N8O8S2. The number of aromatic nitrogens is 2. The lowest BCUT2D eigenvalue weighted by Crippen LogP contribution is -2.28. The van der Waals surface area contributed by atoms with E-state index in [9.17, 15) is 31.2 Å². The zero-order chi connectivity index (χ0) is 44.9. The summed E-state index contributed by atoms with van der Waals surface area (Å²) >= 11 is 0. The summed E-state index contributed by atoms with van der Waals surface area (Å²) in [7, 11) is -7.65. The van der Waals surface area contributed by atoms with Gasteiger partial charge in [-0.15, -0.1) is 0 Å². The van der Waals surface area contributed by atoms with Crippen LogP contribution in [-0.2, 0) is 51.1 Å². The molecule has 5 aromatic rings. The summed E-state index contributed by atoms with van der Waals surface area (Å²) in [5.74, 6) is 0.708. The monoisotopic (exact) mass is 874 g/mol. The lowest BCUT2D eigenvalue weighted by atomic mass is 9.95. The molecule has 0 spiro atoms. The maximum atomic E-state index is 12.9. The van der Waals surface area contributed by atoms with Crippen LogP contribution in [0.25, 0.3) is 11.0 Å². The van der Waals surface area contributed by atoms with Crippen molar-refractivity contribution in [2.45, 2.75) is 83.6 Å². The van der Waals surface area contributed by atoms with Crippen molar-refractivity contribution >= 4 is 82.9 Å². The molecule has 1 fully saturated rings. The molecule has 2 heterocycles. The van der Waals surface area contributed by atoms with Gasteiger partial charge in [-0.1, -0.05) is 41.5 Å². The molecule has 1 unspecified atom stereocenters. The highest BCUT2D eigenvalue weighted by Gasteiger charge is 2.27. The third-order valence-corrected chi connectivity index (χ3v) is 12.1. The molecule has 0 saturated carbocycles. The lowest BCUT2D eigenvalue weighted by molar-refractivity contribution is -0.123. The van der Waals surface area contributed by atoms with E-state index in [-0.39, 0.29) is 38.6 Å². The van der Waals surface area contributed by atoms with Crippen LogP contribution in [0.1, 0.15) is 67.6 Å². The predicted octanol–water partition coefficient (Wildman–Crippen LogP) is 7.14. The van der Waals surface area contributed by atoms with Crippen LogP contribution in [0.4, 0.5) is 34.1 Å². The van der Waals surface area contributed by atoms with Gasteiger partial charge < -0.3 is 31.0 Å². The Hall–Kier alpha value is -5.98. The fourth-order valence-electron chi connectivity index (χ4n) is 6.24. The number of rotatable bonds is 11. The Bertz CT molecular complexity index is 2630. The molecule has 1 aliphatic rings. The van der Waals surface area contributed by atoms with Gasteiger partial charge in [0.25, 0.3) is 20.0 Å². The number of nitrogens with one attached hydrogen (secondary N) is 5. The molecule has 18 heteroatoms. The molecular weight excluding hydrogens is 821 g/mol. The van der Waals surface area contributed by atoms with Crippen molar-refractivity contribution in [2.24, 2.45) is 11.3 Å². The smallest absolute Gasteiger partial charge is 0.261 e. The summed E-state index contributed by atoms with van der Waals surface area (Å²) < 4.78 is 63.9. The molecule has 326 valence electrons. The van der Waals surface area contributed by atoms with Crippen LogP contribution in [0.3, 0.4) is 0 Å². The Kier molecular flexibility index (Phi) is 13.9. The lowest BCUT2D eigenvalue weighted by Gasteiger charge is -2.21. The van der Waals surface area contributed by atoms with Crippen LogP contribution in [0.5, 0.6) is 0 Å². The van der Waals surface area contributed by atoms with Crippen LogP contribution in [0, 0.1) is 11.3 Å². The van der Waals surface area contributed by atoms with Crippen LogP contribution in [0.15, 0.2) is 94.7 Å². The number of nitrogens with zero attached hydrogens (tertiary/aromatic N) is 2. The number of ether oxygens (including phenoxy) is 1. The first-order valence-electron chi connectivity index (χ1n) is 19.5.